The van der Waals surface area contributed by atoms with Gasteiger partial charge in [-0.2, -0.15) is 0 Å². The fourth-order valence-corrected chi connectivity index (χ4v) is 5.25. The molecule has 0 aromatic heterocycles. The van der Waals surface area contributed by atoms with E-state index in [0.717, 1.165) is 31.6 Å². The number of rotatable bonds is 27. The van der Waals surface area contributed by atoms with E-state index in [0.29, 0.717) is 28.9 Å². The third-order valence-corrected chi connectivity index (χ3v) is 8.52. The molecule has 56 heavy (non-hydrogen) atoms. The van der Waals surface area contributed by atoms with Crippen LogP contribution in [-0.2, 0) is 42.0 Å². The van der Waals surface area contributed by atoms with E-state index in [1.54, 1.807) is 36.4 Å². The minimum atomic E-state index is -0.870. The molecule has 1 unspecified atom stereocenters. The highest BCUT2D eigenvalue weighted by Crippen LogP contribution is 2.28. The monoisotopic (exact) mass is 782 g/mol. The first-order chi connectivity index (χ1) is 27.1. The summed E-state index contributed by atoms with van der Waals surface area (Å²) in [5, 5.41) is 11.5. The number of esters is 2. The number of nitrogens with zero attached hydrogens (tertiary/aromatic N) is 1. The van der Waals surface area contributed by atoms with Crippen molar-refractivity contribution in [1.82, 2.24) is 5.32 Å². The topological polar surface area (TPSA) is 160 Å². The summed E-state index contributed by atoms with van der Waals surface area (Å²) in [4.78, 5) is 60.0. The molecule has 1 N–H and O–H groups in total. The number of ether oxygens (including phenoxy) is 3. The molecule has 2 rings (SSSR count). The molecule has 12 heteroatoms. The molecule has 0 aliphatic rings. The van der Waals surface area contributed by atoms with Gasteiger partial charge in [-0.25, -0.2) is 9.59 Å². The molecule has 0 aliphatic heterocycles. The predicted octanol–water partition coefficient (Wildman–Crippen LogP) is 10.1. The number of carbonyl (C=O) groups is 4. The van der Waals surface area contributed by atoms with E-state index in [2.05, 4.69) is 56.9 Å². The average molecular weight is 783 g/mol. The highest BCUT2D eigenvalue weighted by atomic mass is 16.9. The van der Waals surface area contributed by atoms with Crippen LogP contribution in [0.3, 0.4) is 0 Å². The Morgan fingerprint density at radius 1 is 0.839 bits per heavy atom. The first-order valence-electron chi connectivity index (χ1n) is 20.0. The fourth-order valence-electron chi connectivity index (χ4n) is 5.25. The van der Waals surface area contributed by atoms with Crippen molar-refractivity contribution in [1.29, 1.82) is 0 Å². The normalized spacial score (nSPS) is 11.0. The van der Waals surface area contributed by atoms with Crippen LogP contribution in [0.1, 0.15) is 141 Å². The third kappa shape index (κ3) is 27.6. The number of hydrogen-bond donors (Lipinski definition) is 1. The summed E-state index contributed by atoms with van der Waals surface area (Å²) in [6.07, 6.45) is 24.2. The molecule has 0 saturated heterocycles. The number of carbonyl (C=O) groups excluding carboxylic acids is 4. The Kier molecular flexibility index (Phi) is 31.4. The molecule has 0 spiro atoms. The van der Waals surface area contributed by atoms with E-state index in [1.807, 2.05) is 0 Å². The predicted molar refractivity (Wildman–Crippen MR) is 220 cm³/mol. The van der Waals surface area contributed by atoms with E-state index in [9.17, 15) is 29.3 Å². The lowest BCUT2D eigenvalue weighted by Gasteiger charge is -2.12. The van der Waals surface area contributed by atoms with E-state index >= 15 is 0 Å². The molecule has 0 fully saturated rings. The summed E-state index contributed by atoms with van der Waals surface area (Å²) < 4.78 is 15.4. The van der Waals surface area contributed by atoms with E-state index in [1.165, 1.54) is 89.5 Å². The minimum absolute atomic E-state index is 0.0204. The zero-order chi connectivity index (χ0) is 41.8. The van der Waals surface area contributed by atoms with Crippen LogP contribution < -0.4 is 14.8 Å². The Hall–Kier alpha value is -5.00. The fraction of sp³-hybridized carbons (Fsp3) is 0.545. The Morgan fingerprint density at radius 2 is 1.52 bits per heavy atom. The van der Waals surface area contributed by atoms with Crippen LogP contribution >= 0.6 is 0 Å². The van der Waals surface area contributed by atoms with Gasteiger partial charge in [0.15, 0.2) is 11.5 Å². The van der Waals surface area contributed by atoms with Gasteiger partial charge in [0, 0.05) is 18.9 Å². The maximum Gasteiger partial charge on any atom is 0.331 e. The highest BCUT2D eigenvalue weighted by Gasteiger charge is 2.11. The minimum Gasteiger partial charge on any atom is -0.493 e. The first kappa shape index (κ1) is 51.0. The molecule has 0 bridgehead atoms. The zero-order valence-corrected chi connectivity index (χ0v) is 34.6. The number of amides is 1. The second-order valence-corrected chi connectivity index (χ2v) is 13.2. The molecule has 2 aromatic carbocycles. The maximum atomic E-state index is 12.0. The van der Waals surface area contributed by atoms with Crippen LogP contribution in [0.4, 0.5) is 0 Å². The standard InChI is InChI=1S/C21H20N2O9.C16H32O.C7H14/c1-29-19-10-15(6-8-18(19)32-21(26)11-22-14-24)7-9-20(25)30-12-16-2-4-17(5-3-16)13-31-23(27)28;1-4-7-8-9-10-12-16(17)14-13-15(6-3)11-5-2;1-3-5-7-6-4-2/h2-10,14H,11-13H2,1H3,(H,22,24);15H,4-14H2,1-3H3;3,5H,4,6-7H2,1-2H3/b9-7+;;5-3-. The summed E-state index contributed by atoms with van der Waals surface area (Å²) in [5.41, 5.74) is 1.91. The van der Waals surface area contributed by atoms with Crippen LogP contribution in [0.2, 0.25) is 0 Å². The molecule has 12 nitrogen and oxygen atoms in total. The molecule has 0 heterocycles. The van der Waals surface area contributed by atoms with Crippen molar-refractivity contribution in [2.45, 2.75) is 138 Å². The van der Waals surface area contributed by atoms with Crippen LogP contribution in [-0.4, -0.2) is 42.9 Å². The van der Waals surface area contributed by atoms with Crippen molar-refractivity contribution in [3.8, 4) is 11.5 Å². The molecular weight excluding hydrogens is 716 g/mol. The lowest BCUT2D eigenvalue weighted by atomic mass is 9.93. The number of benzene rings is 2. The molecule has 0 radical (unpaired) electrons. The maximum absolute atomic E-state index is 12.0. The number of ketones is 1. The van der Waals surface area contributed by atoms with Gasteiger partial charge in [-0.15, -0.1) is 10.1 Å². The molecule has 1 atom stereocenters. The van der Waals surface area contributed by atoms with Crippen LogP contribution in [0.25, 0.3) is 6.08 Å². The van der Waals surface area contributed by atoms with Gasteiger partial charge in [-0.05, 0) is 67.0 Å². The Morgan fingerprint density at radius 3 is 2.11 bits per heavy atom. The number of allylic oxidation sites excluding steroid dienone is 2. The smallest absolute Gasteiger partial charge is 0.331 e. The van der Waals surface area contributed by atoms with Crippen LogP contribution in [0.15, 0.2) is 60.7 Å². The van der Waals surface area contributed by atoms with Crippen molar-refractivity contribution in [2.24, 2.45) is 5.92 Å². The van der Waals surface area contributed by atoms with Gasteiger partial charge in [-0.3, -0.25) is 9.59 Å². The quantitative estimate of drug-likeness (QED) is 0.0135. The second kappa shape index (κ2) is 34.5. The number of Topliss-reactive ketones (excluding diaryl/α,β-unsaturated/α-hetero) is 1. The lowest BCUT2D eigenvalue weighted by molar-refractivity contribution is -0.763. The van der Waals surface area contributed by atoms with Crippen LogP contribution in [0.5, 0.6) is 11.5 Å². The largest absolute Gasteiger partial charge is 0.493 e. The number of methoxy groups -OCH3 is 1. The van der Waals surface area contributed by atoms with E-state index in [-0.39, 0.29) is 31.3 Å². The number of nitrogens with one attached hydrogen (secondary N) is 1. The number of hydrogen-bond acceptors (Lipinski definition) is 10. The van der Waals surface area contributed by atoms with Gasteiger partial charge < -0.3 is 24.4 Å². The van der Waals surface area contributed by atoms with Crippen LogP contribution in [0, 0.1) is 16.0 Å². The van der Waals surface area contributed by atoms with Crippen molar-refractivity contribution >= 4 is 30.2 Å². The molecule has 2 aromatic rings. The van der Waals surface area contributed by atoms with Crippen molar-refractivity contribution in [2.75, 3.05) is 13.7 Å². The first-order valence-corrected chi connectivity index (χ1v) is 20.0. The average Bonchev–Trinajstić information content (AvgIpc) is 3.20. The van der Waals surface area contributed by atoms with Gasteiger partial charge in [0.05, 0.1) is 7.11 Å². The molecule has 0 aliphatic carbocycles. The van der Waals surface area contributed by atoms with Gasteiger partial charge in [0.2, 0.25) is 6.41 Å². The summed E-state index contributed by atoms with van der Waals surface area (Å²) >= 11 is 0. The number of unbranched alkanes of at least 4 members (excludes halogenated alkanes) is 6. The van der Waals surface area contributed by atoms with Crippen molar-refractivity contribution in [3.63, 3.8) is 0 Å². The Bertz CT molecular complexity index is 1440. The zero-order valence-electron chi connectivity index (χ0n) is 34.6. The summed E-state index contributed by atoms with van der Waals surface area (Å²) in [5.74, 6) is 0.457. The molecular formula is C44H66N2O10. The van der Waals surface area contributed by atoms with Gasteiger partial charge in [0.25, 0.3) is 5.09 Å². The molecule has 0 saturated carbocycles. The Balaban J connectivity index is 0.00000105. The molecule has 312 valence electrons. The molecule has 1 amide bonds. The summed E-state index contributed by atoms with van der Waals surface area (Å²) in [7, 11) is 1.40. The van der Waals surface area contributed by atoms with E-state index < -0.39 is 17.0 Å². The van der Waals surface area contributed by atoms with E-state index in [4.69, 9.17) is 14.2 Å². The highest BCUT2D eigenvalue weighted by molar-refractivity contribution is 5.87. The second-order valence-electron chi connectivity index (χ2n) is 13.2. The summed E-state index contributed by atoms with van der Waals surface area (Å²) in [6, 6.07) is 11.3. The summed E-state index contributed by atoms with van der Waals surface area (Å²) in [6.45, 7) is 10.6. The van der Waals surface area contributed by atoms with Gasteiger partial charge >= 0.3 is 11.9 Å². The van der Waals surface area contributed by atoms with Crippen molar-refractivity contribution in [3.05, 3.63) is 87.5 Å². The lowest BCUT2D eigenvalue weighted by Crippen LogP contribution is -2.25. The van der Waals surface area contributed by atoms with Gasteiger partial charge in [0.1, 0.15) is 25.5 Å². The SMILES string of the molecule is C/C=C\CCCC.CCCCCCCC(=O)CCC(CC)CCC.COc1cc(/C=C/C(=O)OCc2ccc(CO[N+](=O)[O-])cc2)ccc1OC(=O)CNC=O. The Labute approximate surface area is 334 Å². The van der Waals surface area contributed by atoms with Crippen molar-refractivity contribution < 1.29 is 43.3 Å². The third-order valence-electron chi connectivity index (χ3n) is 8.52. The van der Waals surface area contributed by atoms with Gasteiger partial charge in [-0.1, -0.05) is 128 Å².